The summed E-state index contributed by atoms with van der Waals surface area (Å²) in [6.07, 6.45) is 2.17. The molecule has 0 aliphatic carbocycles. The van der Waals surface area contributed by atoms with Crippen LogP contribution in [-0.2, 0) is 6.42 Å². The molecule has 0 atom stereocenters. The summed E-state index contributed by atoms with van der Waals surface area (Å²) in [4.78, 5) is 42.9. The zero-order valence-corrected chi connectivity index (χ0v) is 23.9. The van der Waals surface area contributed by atoms with Crippen LogP contribution in [0.1, 0.15) is 27.2 Å². The molecule has 0 radical (unpaired) electrons. The van der Waals surface area contributed by atoms with E-state index in [2.05, 4.69) is 15.6 Å². The van der Waals surface area contributed by atoms with Gasteiger partial charge in [-0.3, -0.25) is 10.1 Å². The number of ketones is 1. The van der Waals surface area contributed by atoms with E-state index in [9.17, 15) is 14.4 Å². The molecule has 44 heavy (non-hydrogen) atoms. The number of nitrogens with one attached hydrogen (secondary N) is 2. The predicted molar refractivity (Wildman–Crippen MR) is 172 cm³/mol. The van der Waals surface area contributed by atoms with Gasteiger partial charge in [0.05, 0.1) is 10.4 Å². The Morgan fingerprint density at radius 3 is 2.11 bits per heavy atom. The van der Waals surface area contributed by atoms with Crippen molar-refractivity contribution in [1.82, 2.24) is 4.98 Å². The van der Waals surface area contributed by atoms with Gasteiger partial charge in [-0.05, 0) is 66.1 Å². The Morgan fingerprint density at radius 1 is 0.727 bits per heavy atom. The van der Waals surface area contributed by atoms with Crippen LogP contribution >= 0.6 is 11.3 Å². The third-order valence-corrected chi connectivity index (χ3v) is 8.01. The number of benzene rings is 4. The van der Waals surface area contributed by atoms with Gasteiger partial charge in [-0.2, -0.15) is 0 Å². The van der Waals surface area contributed by atoms with Crippen molar-refractivity contribution in [2.24, 2.45) is 0 Å². The molecule has 2 amide bonds. The molecule has 214 valence electrons. The zero-order chi connectivity index (χ0) is 30.0. The lowest BCUT2D eigenvalue weighted by molar-refractivity contribution is 0.101. The third kappa shape index (κ3) is 5.64. The van der Waals surface area contributed by atoms with Crippen LogP contribution < -0.4 is 16.3 Å². The molecule has 0 unspecified atom stereocenters. The molecule has 0 aliphatic heterocycles. The predicted octanol–water partition coefficient (Wildman–Crippen LogP) is 8.13. The summed E-state index contributed by atoms with van der Waals surface area (Å²) in [6, 6.07) is 32.8. The van der Waals surface area contributed by atoms with E-state index in [1.54, 1.807) is 48.7 Å². The van der Waals surface area contributed by atoms with Crippen LogP contribution in [-0.4, -0.2) is 16.8 Å². The molecule has 2 N–H and O–H groups in total. The molecular formula is C35H23N3O5S. The Hall–Kier alpha value is -5.80. The van der Waals surface area contributed by atoms with Gasteiger partial charge in [-0.25, -0.2) is 14.6 Å². The van der Waals surface area contributed by atoms with Crippen LogP contribution in [0.2, 0.25) is 0 Å². The Labute approximate surface area is 254 Å². The molecule has 0 aliphatic rings. The minimum atomic E-state index is -0.486. The van der Waals surface area contributed by atoms with Crippen molar-refractivity contribution < 1.29 is 18.4 Å². The minimum Gasteiger partial charge on any atom is -0.453 e. The summed E-state index contributed by atoms with van der Waals surface area (Å²) in [6.45, 7) is 0. The Bertz CT molecular complexity index is 2220. The van der Waals surface area contributed by atoms with Crippen LogP contribution in [0.4, 0.5) is 15.6 Å². The molecule has 9 heteroatoms. The first kappa shape index (κ1) is 27.1. The maximum absolute atomic E-state index is 12.8. The van der Waals surface area contributed by atoms with E-state index in [-0.39, 0.29) is 5.78 Å². The molecule has 8 nitrogen and oxygen atoms in total. The van der Waals surface area contributed by atoms with Gasteiger partial charge in [0.15, 0.2) is 10.9 Å². The van der Waals surface area contributed by atoms with Crippen molar-refractivity contribution in [1.29, 1.82) is 0 Å². The summed E-state index contributed by atoms with van der Waals surface area (Å²) >= 11 is 1.18. The number of hydrogen-bond donors (Lipinski definition) is 2. The van der Waals surface area contributed by atoms with Crippen LogP contribution in [0, 0.1) is 0 Å². The molecule has 0 saturated carbocycles. The lowest BCUT2D eigenvalue weighted by atomic mass is 10.0. The maximum Gasteiger partial charge on any atom is 0.345 e. The van der Waals surface area contributed by atoms with Gasteiger partial charge in [0, 0.05) is 28.2 Å². The molecule has 0 spiro atoms. The molecule has 0 fully saturated rings. The zero-order valence-electron chi connectivity index (χ0n) is 23.1. The fourth-order valence-electron chi connectivity index (χ4n) is 4.97. The van der Waals surface area contributed by atoms with E-state index in [4.69, 9.17) is 8.83 Å². The van der Waals surface area contributed by atoms with Crippen molar-refractivity contribution in [3.63, 3.8) is 0 Å². The number of aromatic nitrogens is 1. The lowest BCUT2D eigenvalue weighted by Crippen LogP contribution is -2.19. The van der Waals surface area contributed by atoms with E-state index >= 15 is 0 Å². The largest absolute Gasteiger partial charge is 0.453 e. The smallest absolute Gasteiger partial charge is 0.345 e. The standard InChI is InChI=1S/C35H23N3O5S/c39-32(23-7-3-1-4-8-23)30-19-25-17-22(11-13-28(25)42-30)15-21-12-14-29-24(16-21)18-27(33(40)43-29)31-20-36-35(44-31)38-34(41)37-26-9-5-2-6-10-26/h1-14,16-20H,15H2,(H2,36,37,38,41). The van der Waals surface area contributed by atoms with Crippen LogP contribution in [0.3, 0.4) is 0 Å². The highest BCUT2D eigenvalue weighted by atomic mass is 32.1. The Morgan fingerprint density at radius 2 is 1.39 bits per heavy atom. The number of carbonyl (C=O) groups excluding carboxylic acids is 2. The maximum atomic E-state index is 12.8. The number of amides is 2. The lowest BCUT2D eigenvalue weighted by Gasteiger charge is -2.05. The third-order valence-electron chi connectivity index (χ3n) is 7.07. The fraction of sp³-hybridized carbons (Fsp3) is 0.0286. The number of thiazole rings is 1. The van der Waals surface area contributed by atoms with Crippen molar-refractivity contribution in [3.8, 4) is 10.4 Å². The van der Waals surface area contributed by atoms with Gasteiger partial charge in [0.2, 0.25) is 5.78 Å². The summed E-state index contributed by atoms with van der Waals surface area (Å²) in [7, 11) is 0. The monoisotopic (exact) mass is 597 g/mol. The van der Waals surface area contributed by atoms with E-state index < -0.39 is 11.7 Å². The Kier molecular flexibility index (Phi) is 7.05. The average Bonchev–Trinajstić information content (AvgIpc) is 3.68. The van der Waals surface area contributed by atoms with Gasteiger partial charge >= 0.3 is 11.7 Å². The topological polar surface area (TPSA) is 114 Å². The second-order valence-electron chi connectivity index (χ2n) is 10.1. The molecule has 4 aromatic carbocycles. The first-order valence-electron chi connectivity index (χ1n) is 13.8. The number of rotatable bonds is 7. The Balaban J connectivity index is 1.10. The number of para-hydroxylation sites is 1. The number of furan rings is 1. The second kappa shape index (κ2) is 11.5. The van der Waals surface area contributed by atoms with E-state index in [0.717, 1.165) is 21.9 Å². The molecule has 3 heterocycles. The number of hydrogen-bond acceptors (Lipinski definition) is 7. The fourth-order valence-corrected chi connectivity index (χ4v) is 5.79. The average molecular weight is 598 g/mol. The molecule has 0 saturated heterocycles. The van der Waals surface area contributed by atoms with Crippen LogP contribution in [0.5, 0.6) is 0 Å². The molecule has 7 aromatic rings. The van der Waals surface area contributed by atoms with E-state index in [0.29, 0.717) is 50.2 Å². The summed E-state index contributed by atoms with van der Waals surface area (Å²) < 4.78 is 11.5. The van der Waals surface area contributed by atoms with E-state index in [1.165, 1.54) is 11.3 Å². The van der Waals surface area contributed by atoms with Crippen LogP contribution in [0.25, 0.3) is 32.4 Å². The van der Waals surface area contributed by atoms with Crippen molar-refractivity contribution in [2.45, 2.75) is 6.42 Å². The number of fused-ring (bicyclic) bond motifs is 2. The summed E-state index contributed by atoms with van der Waals surface area (Å²) in [5.41, 5.74) is 4.29. The molecule has 0 bridgehead atoms. The van der Waals surface area contributed by atoms with Gasteiger partial charge in [-0.1, -0.05) is 72.0 Å². The molecule has 7 rings (SSSR count). The highest BCUT2D eigenvalue weighted by molar-refractivity contribution is 7.19. The first-order chi connectivity index (χ1) is 21.5. The van der Waals surface area contributed by atoms with Gasteiger partial charge in [-0.15, -0.1) is 0 Å². The number of anilines is 2. The summed E-state index contributed by atoms with van der Waals surface area (Å²) in [5.74, 6) is 0.143. The van der Waals surface area contributed by atoms with Crippen molar-refractivity contribution in [3.05, 3.63) is 148 Å². The normalized spacial score (nSPS) is 11.1. The quantitative estimate of drug-likeness (QED) is 0.142. The number of carbonyl (C=O) groups is 2. The summed E-state index contributed by atoms with van der Waals surface area (Å²) in [5, 5.41) is 7.41. The first-order valence-corrected chi connectivity index (χ1v) is 14.6. The molecular weight excluding hydrogens is 574 g/mol. The van der Waals surface area contributed by atoms with Crippen molar-refractivity contribution in [2.75, 3.05) is 10.6 Å². The highest BCUT2D eigenvalue weighted by Crippen LogP contribution is 2.30. The van der Waals surface area contributed by atoms with Crippen LogP contribution in [0.15, 0.2) is 129 Å². The second-order valence-corrected chi connectivity index (χ2v) is 11.2. The van der Waals surface area contributed by atoms with Gasteiger partial charge in [0.25, 0.3) is 0 Å². The van der Waals surface area contributed by atoms with E-state index in [1.807, 2.05) is 66.7 Å². The SMILES string of the molecule is O=C(Nc1ccccc1)Nc1ncc(-c2cc3cc(Cc4ccc5oc(C(=O)c6ccccc6)cc5c4)ccc3oc2=O)s1. The van der Waals surface area contributed by atoms with Gasteiger partial charge < -0.3 is 14.2 Å². The molecule has 3 aromatic heterocycles. The minimum absolute atomic E-state index is 0.158. The highest BCUT2D eigenvalue weighted by Gasteiger charge is 2.16. The van der Waals surface area contributed by atoms with Crippen molar-refractivity contribution >= 4 is 55.9 Å². The van der Waals surface area contributed by atoms with Gasteiger partial charge in [0.1, 0.15) is 11.2 Å². The number of nitrogens with zero attached hydrogens (tertiary/aromatic N) is 1. The number of urea groups is 1.